The van der Waals surface area contributed by atoms with Gasteiger partial charge in [-0.25, -0.2) is 9.56 Å². The van der Waals surface area contributed by atoms with Crippen LogP contribution in [0.25, 0.3) is 60.4 Å². The number of benzene rings is 4. The zero-order chi connectivity index (χ0) is 34.0. The first-order chi connectivity index (χ1) is 24.0. The second-order valence-electron chi connectivity index (χ2n) is 13.2. The Morgan fingerprint density at radius 1 is 0.857 bits per heavy atom. The number of aromatic nitrogens is 3. The van der Waals surface area contributed by atoms with Crippen LogP contribution >= 0.6 is 7.69 Å². The normalized spacial score (nSPS) is 14.5. The molecule has 1 aliphatic rings. The molecule has 1 atom stereocenters. The third-order valence-electron chi connectivity index (χ3n) is 10.3. The standard InChI is InChI=1S/C42H37N4P.C2H6/c1-6-25-44(7-2)27(3)30-20-14-22-32-39(30)47-40-33(42(32,4)5)23-24-34-35(40)38-31(21-15-26-45(38)47)41-43-36(28-16-10-8-11-17-28)37(46(34)41)29-18-12-9-13-19-29;1-2/h6,8-26H,7H2,1-5H3;1-2H3/q+2;/b25-6-,44-27?;. The fourth-order valence-electron chi connectivity index (χ4n) is 8.14. The molecule has 0 saturated carbocycles. The number of allylic oxidation sites excluding steroid dienone is 1. The van der Waals surface area contributed by atoms with Crippen molar-refractivity contribution >= 4 is 46.0 Å². The van der Waals surface area contributed by atoms with Crippen molar-refractivity contribution in [2.75, 3.05) is 6.54 Å². The Morgan fingerprint density at radius 2 is 1.57 bits per heavy atom. The van der Waals surface area contributed by atoms with E-state index in [-0.39, 0.29) is 5.41 Å². The van der Waals surface area contributed by atoms with Crippen LogP contribution in [-0.2, 0) is 5.41 Å². The van der Waals surface area contributed by atoms with Gasteiger partial charge in [-0.3, -0.25) is 4.40 Å². The van der Waals surface area contributed by atoms with E-state index in [0.29, 0.717) is 0 Å². The molecule has 1 aliphatic heterocycles. The van der Waals surface area contributed by atoms with Crippen molar-refractivity contribution in [1.82, 2.24) is 9.38 Å². The molecule has 0 amide bonds. The topological polar surface area (TPSA) is 24.4 Å². The molecule has 0 bridgehead atoms. The number of rotatable bonds is 5. The Hall–Kier alpha value is -5.05. The Labute approximate surface area is 289 Å². The van der Waals surface area contributed by atoms with E-state index in [9.17, 15) is 0 Å². The number of pyridine rings is 2. The number of imidazole rings is 1. The molecule has 4 aromatic heterocycles. The lowest BCUT2D eigenvalue weighted by molar-refractivity contribution is -0.452. The van der Waals surface area contributed by atoms with Crippen molar-refractivity contribution in [2.24, 2.45) is 0 Å². The molecule has 4 aromatic carbocycles. The quantitative estimate of drug-likeness (QED) is 0.103. The van der Waals surface area contributed by atoms with E-state index in [1.807, 2.05) is 13.8 Å². The van der Waals surface area contributed by atoms with E-state index in [1.165, 1.54) is 60.2 Å². The second-order valence-corrected chi connectivity index (χ2v) is 15.1. The van der Waals surface area contributed by atoms with Gasteiger partial charge < -0.3 is 0 Å². The number of hydrogen-bond donors (Lipinski definition) is 0. The fourth-order valence-corrected chi connectivity index (χ4v) is 11.5. The highest BCUT2D eigenvalue weighted by molar-refractivity contribution is 7.57. The summed E-state index contributed by atoms with van der Waals surface area (Å²) in [6, 6.07) is 37.7. The highest BCUT2D eigenvalue weighted by Gasteiger charge is 2.43. The van der Waals surface area contributed by atoms with Crippen LogP contribution < -0.4 is 4.16 Å². The summed E-state index contributed by atoms with van der Waals surface area (Å²) in [6.07, 6.45) is 6.68. The van der Waals surface area contributed by atoms with Crippen LogP contribution in [0.3, 0.4) is 0 Å². The molecule has 0 fully saturated rings. The molecular formula is C44H43N4P+2. The molecular weight excluding hydrogens is 615 g/mol. The zero-order valence-electron chi connectivity index (χ0n) is 29.5. The van der Waals surface area contributed by atoms with Gasteiger partial charge in [0.15, 0.2) is 31.4 Å². The van der Waals surface area contributed by atoms with Gasteiger partial charge in [-0.2, -0.15) is 4.16 Å². The van der Waals surface area contributed by atoms with Gasteiger partial charge in [0.25, 0.3) is 0 Å². The summed E-state index contributed by atoms with van der Waals surface area (Å²) >= 11 is 0. The Balaban J connectivity index is 0.00000171. The third-order valence-corrected chi connectivity index (χ3v) is 12.9. The summed E-state index contributed by atoms with van der Waals surface area (Å²) in [5.74, 6) is 0. The lowest BCUT2D eigenvalue weighted by Crippen LogP contribution is -2.26. The minimum atomic E-state index is -0.863. The van der Waals surface area contributed by atoms with Gasteiger partial charge in [0.05, 0.1) is 43.7 Å². The van der Waals surface area contributed by atoms with Crippen LogP contribution in [0, 0.1) is 0 Å². The molecule has 1 unspecified atom stereocenters. The fraction of sp³-hybridized carbons (Fsp3) is 0.205. The Bertz CT molecular complexity index is 2580. The molecule has 0 aliphatic carbocycles. The van der Waals surface area contributed by atoms with E-state index in [0.717, 1.165) is 29.1 Å². The van der Waals surface area contributed by atoms with Crippen molar-refractivity contribution < 1.29 is 8.74 Å². The summed E-state index contributed by atoms with van der Waals surface area (Å²) in [6.45, 7) is 16.4. The van der Waals surface area contributed by atoms with Gasteiger partial charge in [-0.15, -0.1) is 0 Å². The van der Waals surface area contributed by atoms with Gasteiger partial charge in [0.1, 0.15) is 6.54 Å². The summed E-state index contributed by atoms with van der Waals surface area (Å²) in [5, 5.41) is 5.55. The van der Waals surface area contributed by atoms with Crippen molar-refractivity contribution in [1.29, 1.82) is 0 Å². The predicted molar refractivity (Wildman–Crippen MR) is 208 cm³/mol. The van der Waals surface area contributed by atoms with Crippen LogP contribution in [0.4, 0.5) is 0 Å². The lowest BCUT2D eigenvalue weighted by Gasteiger charge is -2.32. The second kappa shape index (κ2) is 11.8. The van der Waals surface area contributed by atoms with Gasteiger partial charge in [-0.1, -0.05) is 107 Å². The minimum Gasteiger partial charge on any atom is -0.291 e. The minimum absolute atomic E-state index is 0.151. The first-order valence-corrected chi connectivity index (χ1v) is 18.9. The van der Waals surface area contributed by atoms with Crippen molar-refractivity contribution in [3.63, 3.8) is 0 Å². The molecule has 0 saturated heterocycles. The molecule has 9 rings (SSSR count). The van der Waals surface area contributed by atoms with E-state index in [1.54, 1.807) is 0 Å². The van der Waals surface area contributed by atoms with Gasteiger partial charge >= 0.3 is 0 Å². The molecule has 8 aromatic rings. The maximum atomic E-state index is 5.50. The van der Waals surface area contributed by atoms with Crippen LogP contribution in [0.2, 0.25) is 0 Å². The van der Waals surface area contributed by atoms with Crippen LogP contribution in [0.1, 0.15) is 65.2 Å². The summed E-state index contributed by atoms with van der Waals surface area (Å²) in [5.41, 5.74) is 13.4. The monoisotopic (exact) mass is 658 g/mol. The Kier molecular flexibility index (Phi) is 7.54. The van der Waals surface area contributed by atoms with Crippen LogP contribution in [-0.4, -0.2) is 26.2 Å². The zero-order valence-corrected chi connectivity index (χ0v) is 30.4. The van der Waals surface area contributed by atoms with Gasteiger partial charge in [0.2, 0.25) is 5.52 Å². The summed E-state index contributed by atoms with van der Waals surface area (Å²) in [7, 11) is -0.863. The number of nitrogens with zero attached hydrogens (tertiary/aromatic N) is 4. The average molecular weight is 659 g/mol. The molecule has 49 heavy (non-hydrogen) atoms. The number of fused-ring (bicyclic) bond motifs is 6. The van der Waals surface area contributed by atoms with E-state index in [4.69, 9.17) is 4.98 Å². The van der Waals surface area contributed by atoms with Crippen molar-refractivity contribution in [3.8, 4) is 27.8 Å². The van der Waals surface area contributed by atoms with Crippen molar-refractivity contribution in [2.45, 2.75) is 53.9 Å². The van der Waals surface area contributed by atoms with E-state index < -0.39 is 7.69 Å². The van der Waals surface area contributed by atoms with Crippen LogP contribution in [0.5, 0.6) is 0 Å². The molecule has 0 spiro atoms. The largest absolute Gasteiger partial charge is 0.291 e. The molecule has 0 radical (unpaired) electrons. The molecule has 0 N–H and O–H groups in total. The average Bonchev–Trinajstić information content (AvgIpc) is 3.72. The maximum Gasteiger partial charge on any atom is 0.233 e. The van der Waals surface area contributed by atoms with E-state index >= 15 is 0 Å². The molecule has 4 nitrogen and oxygen atoms in total. The molecule has 5 heterocycles. The van der Waals surface area contributed by atoms with Gasteiger partial charge in [-0.05, 0) is 49.2 Å². The smallest absolute Gasteiger partial charge is 0.233 e. The molecule has 5 heteroatoms. The predicted octanol–water partition coefficient (Wildman–Crippen LogP) is 11.2. The summed E-state index contributed by atoms with van der Waals surface area (Å²) < 4.78 is 7.45. The first-order valence-electron chi connectivity index (χ1n) is 17.6. The van der Waals surface area contributed by atoms with Crippen LogP contribution in [0.15, 0.2) is 122 Å². The molecule has 242 valence electrons. The first kappa shape index (κ1) is 31.2. The Morgan fingerprint density at radius 3 is 2.27 bits per heavy atom. The maximum absolute atomic E-state index is 5.50. The lowest BCUT2D eigenvalue weighted by atomic mass is 9.76. The highest BCUT2D eigenvalue weighted by atomic mass is 31.1. The van der Waals surface area contributed by atoms with Gasteiger partial charge in [0, 0.05) is 29.5 Å². The van der Waals surface area contributed by atoms with E-state index in [2.05, 4.69) is 169 Å². The SMILES string of the molecule is C/C=C\[N+](CC)=C(C)c1cccc2c1-p1c3c(ccc4c3c3c(ccc[n+]31)c1nc(-c3ccccc3)c(-c3ccccc3)n41)C2(C)C.CC. The van der Waals surface area contributed by atoms with Crippen molar-refractivity contribution in [3.05, 3.63) is 138 Å². The third kappa shape index (κ3) is 4.33. The number of hydrogen-bond acceptors (Lipinski definition) is 1. The highest BCUT2D eigenvalue weighted by Crippen LogP contribution is 2.60. The summed E-state index contributed by atoms with van der Waals surface area (Å²) in [4.78, 5) is 5.50.